The standard InChI is InChI=1S/C27H31F3O3S2/c1-4-6-7-19(24-15-20-8-9-21(27(28,29)30)16-25(20)35-24)12-13-34-22-10-11-23(18(3)14-22)33-17-26(31)32-5-2/h8-11,14-16,19H,4-7,12-13,17H2,1-3H3. The molecular weight excluding hydrogens is 493 g/mol. The molecule has 0 aliphatic rings. The zero-order chi connectivity index (χ0) is 25.4. The maximum atomic E-state index is 13.1. The van der Waals surface area contributed by atoms with Crippen molar-refractivity contribution in [2.45, 2.75) is 63.4 Å². The fourth-order valence-electron chi connectivity index (χ4n) is 3.84. The molecule has 190 valence electrons. The summed E-state index contributed by atoms with van der Waals surface area (Å²) in [7, 11) is 0. The van der Waals surface area contributed by atoms with Crippen LogP contribution in [-0.4, -0.2) is 24.9 Å². The van der Waals surface area contributed by atoms with E-state index in [1.165, 1.54) is 17.4 Å². The van der Waals surface area contributed by atoms with Crippen molar-refractivity contribution in [2.24, 2.45) is 0 Å². The van der Waals surface area contributed by atoms with E-state index >= 15 is 0 Å². The smallest absolute Gasteiger partial charge is 0.416 e. The summed E-state index contributed by atoms with van der Waals surface area (Å²) in [6.45, 7) is 6.07. The van der Waals surface area contributed by atoms with Gasteiger partial charge >= 0.3 is 12.1 Å². The first-order chi connectivity index (χ1) is 16.7. The van der Waals surface area contributed by atoms with Crippen molar-refractivity contribution in [2.75, 3.05) is 19.0 Å². The second-order valence-electron chi connectivity index (χ2n) is 8.40. The summed E-state index contributed by atoms with van der Waals surface area (Å²) >= 11 is 3.24. The molecule has 0 aliphatic carbocycles. The molecule has 0 spiro atoms. The molecule has 8 heteroatoms. The van der Waals surface area contributed by atoms with Crippen LogP contribution in [0, 0.1) is 6.92 Å². The summed E-state index contributed by atoms with van der Waals surface area (Å²) in [6, 6.07) is 12.0. The topological polar surface area (TPSA) is 35.5 Å². The maximum absolute atomic E-state index is 13.1. The Morgan fingerprint density at radius 1 is 1.09 bits per heavy atom. The SMILES string of the molecule is CCCCC(CCSc1ccc(OCC(=O)OCC)c(C)c1)c1cc2ccc(C(F)(F)F)cc2s1. The number of carbonyl (C=O) groups excluding carboxylic acids is 1. The number of esters is 1. The van der Waals surface area contributed by atoms with Crippen LogP contribution in [0.5, 0.6) is 5.75 Å². The predicted octanol–water partition coefficient (Wildman–Crippen LogP) is 8.63. The largest absolute Gasteiger partial charge is 0.482 e. The van der Waals surface area contributed by atoms with Crippen LogP contribution in [0.1, 0.15) is 61.5 Å². The van der Waals surface area contributed by atoms with Crippen molar-refractivity contribution in [3.05, 3.63) is 58.5 Å². The highest BCUT2D eigenvalue weighted by Gasteiger charge is 2.30. The number of unbranched alkanes of at least 4 members (excludes halogenated alkanes) is 1. The van der Waals surface area contributed by atoms with E-state index in [1.807, 2.05) is 25.1 Å². The Morgan fingerprint density at radius 2 is 1.89 bits per heavy atom. The van der Waals surface area contributed by atoms with Crippen molar-refractivity contribution in [3.63, 3.8) is 0 Å². The van der Waals surface area contributed by atoms with Crippen molar-refractivity contribution in [3.8, 4) is 5.75 Å². The Labute approximate surface area is 213 Å². The molecule has 1 unspecified atom stereocenters. The van der Waals surface area contributed by atoms with Crippen LogP contribution in [0.25, 0.3) is 10.1 Å². The Bertz CT molecular complexity index is 1120. The number of aryl methyl sites for hydroxylation is 1. The average Bonchev–Trinajstić information content (AvgIpc) is 3.23. The summed E-state index contributed by atoms with van der Waals surface area (Å²) in [5.74, 6) is 1.49. The number of benzene rings is 2. The van der Waals surface area contributed by atoms with Gasteiger partial charge in [-0.3, -0.25) is 0 Å². The van der Waals surface area contributed by atoms with Gasteiger partial charge in [0.05, 0.1) is 12.2 Å². The molecule has 0 amide bonds. The number of rotatable bonds is 12. The number of halogens is 3. The van der Waals surface area contributed by atoms with E-state index in [0.717, 1.165) is 58.2 Å². The Kier molecular flexibility index (Phi) is 9.92. The fraction of sp³-hybridized carbons (Fsp3) is 0.444. The molecule has 3 nitrogen and oxygen atoms in total. The molecule has 0 fully saturated rings. The van der Waals surface area contributed by atoms with Gasteiger partial charge in [0.15, 0.2) is 6.61 Å². The molecule has 0 bridgehead atoms. The van der Waals surface area contributed by atoms with E-state index < -0.39 is 11.7 Å². The third-order valence-corrected chi connectivity index (χ3v) is 7.99. The lowest BCUT2D eigenvalue weighted by Crippen LogP contribution is -2.14. The van der Waals surface area contributed by atoms with Crippen LogP contribution in [0.15, 0.2) is 47.4 Å². The van der Waals surface area contributed by atoms with Gasteiger partial charge < -0.3 is 9.47 Å². The number of thiophene rings is 1. The van der Waals surface area contributed by atoms with Gasteiger partial charge in [0.25, 0.3) is 0 Å². The Hall–Kier alpha value is -2.19. The minimum absolute atomic E-state index is 0.111. The zero-order valence-electron chi connectivity index (χ0n) is 20.2. The summed E-state index contributed by atoms with van der Waals surface area (Å²) in [6.07, 6.45) is -0.185. The van der Waals surface area contributed by atoms with Gasteiger partial charge in [-0.2, -0.15) is 13.2 Å². The van der Waals surface area contributed by atoms with Crippen LogP contribution in [0.2, 0.25) is 0 Å². The first-order valence-electron chi connectivity index (χ1n) is 11.8. The highest BCUT2D eigenvalue weighted by atomic mass is 32.2. The second kappa shape index (κ2) is 12.7. The fourth-order valence-corrected chi connectivity index (χ4v) is 6.18. The van der Waals surface area contributed by atoms with Crippen LogP contribution < -0.4 is 4.74 Å². The number of carbonyl (C=O) groups is 1. The van der Waals surface area contributed by atoms with E-state index in [4.69, 9.17) is 9.47 Å². The van der Waals surface area contributed by atoms with E-state index in [9.17, 15) is 18.0 Å². The maximum Gasteiger partial charge on any atom is 0.416 e. The summed E-state index contributed by atoms with van der Waals surface area (Å²) in [5.41, 5.74) is 0.357. The molecule has 0 aliphatic heterocycles. The van der Waals surface area contributed by atoms with Crippen LogP contribution in [-0.2, 0) is 15.7 Å². The lowest BCUT2D eigenvalue weighted by Gasteiger charge is -2.15. The van der Waals surface area contributed by atoms with Crippen LogP contribution in [0.4, 0.5) is 13.2 Å². The lowest BCUT2D eigenvalue weighted by atomic mass is 9.97. The van der Waals surface area contributed by atoms with E-state index in [0.29, 0.717) is 23.0 Å². The molecule has 1 atom stereocenters. The predicted molar refractivity (Wildman–Crippen MR) is 138 cm³/mol. The minimum Gasteiger partial charge on any atom is -0.482 e. The average molecular weight is 525 g/mol. The van der Waals surface area contributed by atoms with Gasteiger partial charge in [-0.25, -0.2) is 4.79 Å². The molecule has 35 heavy (non-hydrogen) atoms. The third-order valence-electron chi connectivity index (χ3n) is 5.71. The second-order valence-corrected chi connectivity index (χ2v) is 10.7. The van der Waals surface area contributed by atoms with Crippen molar-refractivity contribution < 1.29 is 27.4 Å². The van der Waals surface area contributed by atoms with Crippen molar-refractivity contribution >= 4 is 39.2 Å². The van der Waals surface area contributed by atoms with Gasteiger partial charge in [-0.1, -0.05) is 25.8 Å². The van der Waals surface area contributed by atoms with Crippen LogP contribution in [0.3, 0.4) is 0 Å². The molecule has 0 N–H and O–H groups in total. The molecule has 1 aromatic heterocycles. The Morgan fingerprint density at radius 3 is 2.57 bits per heavy atom. The zero-order valence-corrected chi connectivity index (χ0v) is 21.9. The lowest BCUT2D eigenvalue weighted by molar-refractivity contribution is -0.145. The third kappa shape index (κ3) is 7.90. The summed E-state index contributed by atoms with van der Waals surface area (Å²) < 4.78 is 50.5. The van der Waals surface area contributed by atoms with Gasteiger partial charge in [-0.15, -0.1) is 23.1 Å². The van der Waals surface area contributed by atoms with Gasteiger partial charge in [0.1, 0.15) is 5.75 Å². The number of fused-ring (bicyclic) bond motifs is 1. The molecule has 0 radical (unpaired) electrons. The monoisotopic (exact) mass is 524 g/mol. The normalized spacial score (nSPS) is 12.6. The van der Waals surface area contributed by atoms with Crippen molar-refractivity contribution in [1.82, 2.24) is 0 Å². The molecule has 3 aromatic rings. The molecule has 1 heterocycles. The number of hydrogen-bond acceptors (Lipinski definition) is 5. The van der Waals surface area contributed by atoms with E-state index in [2.05, 4.69) is 13.0 Å². The molecule has 2 aromatic carbocycles. The summed E-state index contributed by atoms with van der Waals surface area (Å²) in [5, 5.41) is 0.876. The van der Waals surface area contributed by atoms with Gasteiger partial charge in [-0.05, 0) is 85.7 Å². The van der Waals surface area contributed by atoms with Gasteiger partial charge in [0, 0.05) is 14.5 Å². The van der Waals surface area contributed by atoms with Gasteiger partial charge in [0.2, 0.25) is 0 Å². The number of ether oxygens (including phenoxy) is 2. The van der Waals surface area contributed by atoms with E-state index in [1.54, 1.807) is 24.8 Å². The highest BCUT2D eigenvalue weighted by molar-refractivity contribution is 7.99. The number of thioether (sulfide) groups is 1. The minimum atomic E-state index is -4.33. The first-order valence-corrected chi connectivity index (χ1v) is 13.6. The molecular formula is C27H31F3O3S2. The quantitative estimate of drug-likeness (QED) is 0.175. The number of hydrogen-bond donors (Lipinski definition) is 0. The Balaban J connectivity index is 1.63. The van der Waals surface area contributed by atoms with Crippen molar-refractivity contribution in [1.29, 1.82) is 0 Å². The highest BCUT2D eigenvalue weighted by Crippen LogP contribution is 2.39. The molecule has 3 rings (SSSR count). The molecule has 0 saturated heterocycles. The summed E-state index contributed by atoms with van der Waals surface area (Å²) in [4.78, 5) is 13.8. The van der Waals surface area contributed by atoms with E-state index in [-0.39, 0.29) is 12.6 Å². The molecule has 0 saturated carbocycles. The number of alkyl halides is 3. The van der Waals surface area contributed by atoms with Crippen LogP contribution >= 0.6 is 23.1 Å². The first kappa shape index (κ1) is 27.4.